The van der Waals surface area contributed by atoms with Gasteiger partial charge in [-0.1, -0.05) is 6.07 Å². The van der Waals surface area contributed by atoms with Crippen LogP contribution in [0.15, 0.2) is 18.2 Å². The molecule has 0 unspecified atom stereocenters. The van der Waals surface area contributed by atoms with Crippen LogP contribution in [0.2, 0.25) is 0 Å². The van der Waals surface area contributed by atoms with Crippen LogP contribution < -0.4 is 5.32 Å². The predicted octanol–water partition coefficient (Wildman–Crippen LogP) is 3.99. The second kappa shape index (κ2) is 4.46. The molecule has 0 heterocycles. The average molecular weight is 257 g/mol. The van der Waals surface area contributed by atoms with Gasteiger partial charge in [0, 0.05) is 5.69 Å². The van der Waals surface area contributed by atoms with Crippen LogP contribution in [0.25, 0.3) is 0 Å². The number of hydrogen-bond donors (Lipinski definition) is 1. The number of halogens is 6. The number of benzene rings is 1. The van der Waals surface area contributed by atoms with Crippen molar-refractivity contribution in [2.75, 3.05) is 11.9 Å². The van der Waals surface area contributed by atoms with Crippen LogP contribution in [-0.2, 0) is 6.18 Å². The molecule has 0 amide bonds. The molecule has 7 heteroatoms. The quantitative estimate of drug-likeness (QED) is 0.790. The summed E-state index contributed by atoms with van der Waals surface area (Å²) in [7, 11) is 0. The first-order chi connectivity index (χ1) is 7.59. The van der Waals surface area contributed by atoms with Crippen LogP contribution in [0, 0.1) is 6.92 Å². The van der Waals surface area contributed by atoms with E-state index in [-0.39, 0.29) is 11.3 Å². The lowest BCUT2D eigenvalue weighted by atomic mass is 10.1. The van der Waals surface area contributed by atoms with Gasteiger partial charge in [0.25, 0.3) is 0 Å². The predicted molar refractivity (Wildman–Crippen MR) is 50.7 cm³/mol. The van der Waals surface area contributed by atoms with Crippen molar-refractivity contribution in [3.63, 3.8) is 0 Å². The largest absolute Gasteiger partial charge is 0.416 e. The molecule has 0 radical (unpaired) electrons. The number of nitrogens with one attached hydrogen (secondary N) is 1. The number of aryl methyl sites for hydroxylation is 1. The maximum absolute atomic E-state index is 12.5. The fourth-order valence-corrected chi connectivity index (χ4v) is 1.24. The monoisotopic (exact) mass is 257 g/mol. The molecule has 0 aromatic heterocycles. The van der Waals surface area contributed by atoms with Crippen LogP contribution >= 0.6 is 0 Å². The summed E-state index contributed by atoms with van der Waals surface area (Å²) in [6.45, 7) is -0.121. The zero-order chi connectivity index (χ0) is 13.3. The molecule has 0 saturated heterocycles. The molecule has 96 valence electrons. The molecule has 1 aromatic carbocycles. The summed E-state index contributed by atoms with van der Waals surface area (Å²) in [5, 5.41) is 1.90. The Bertz CT molecular complexity index is 393. The van der Waals surface area contributed by atoms with Crippen LogP contribution in [0.4, 0.5) is 32.0 Å². The van der Waals surface area contributed by atoms with E-state index in [0.717, 1.165) is 6.07 Å². The second-order valence-corrected chi connectivity index (χ2v) is 3.50. The van der Waals surface area contributed by atoms with Gasteiger partial charge in [0.15, 0.2) is 0 Å². The molecule has 17 heavy (non-hydrogen) atoms. The zero-order valence-corrected chi connectivity index (χ0v) is 8.71. The number of alkyl halides is 6. The van der Waals surface area contributed by atoms with Crippen molar-refractivity contribution in [1.29, 1.82) is 0 Å². The summed E-state index contributed by atoms with van der Waals surface area (Å²) in [6, 6.07) is 2.97. The average Bonchev–Trinajstić information content (AvgIpc) is 2.13. The zero-order valence-electron chi connectivity index (χ0n) is 8.71. The Morgan fingerprint density at radius 2 is 1.65 bits per heavy atom. The Balaban J connectivity index is 2.90. The fourth-order valence-electron chi connectivity index (χ4n) is 1.24. The van der Waals surface area contributed by atoms with E-state index < -0.39 is 24.5 Å². The molecule has 1 aromatic rings. The molecule has 1 N–H and O–H groups in total. The normalized spacial score (nSPS) is 12.6. The first-order valence-corrected chi connectivity index (χ1v) is 4.58. The number of anilines is 1. The van der Waals surface area contributed by atoms with Crippen LogP contribution in [0.5, 0.6) is 0 Å². The summed E-state index contributed by atoms with van der Waals surface area (Å²) in [5.41, 5.74) is -1.18. The van der Waals surface area contributed by atoms with Gasteiger partial charge in [-0.05, 0) is 24.6 Å². The van der Waals surface area contributed by atoms with Gasteiger partial charge >= 0.3 is 12.4 Å². The van der Waals surface area contributed by atoms with Gasteiger partial charge in [-0.2, -0.15) is 26.3 Å². The Morgan fingerprint density at radius 3 is 2.12 bits per heavy atom. The first kappa shape index (κ1) is 13.7. The van der Waals surface area contributed by atoms with E-state index in [9.17, 15) is 26.3 Å². The van der Waals surface area contributed by atoms with Gasteiger partial charge in [-0.25, -0.2) is 0 Å². The highest BCUT2D eigenvalue weighted by atomic mass is 19.4. The van der Waals surface area contributed by atoms with E-state index in [1.807, 2.05) is 5.32 Å². The topological polar surface area (TPSA) is 12.0 Å². The van der Waals surface area contributed by atoms with Gasteiger partial charge in [0.1, 0.15) is 6.54 Å². The SMILES string of the molecule is Cc1ccc(NCC(F)(F)F)cc1C(F)(F)F. The van der Waals surface area contributed by atoms with E-state index in [1.165, 1.54) is 13.0 Å². The molecule has 0 atom stereocenters. The van der Waals surface area contributed by atoms with Gasteiger partial charge in [0.2, 0.25) is 0 Å². The minimum absolute atomic E-state index is 0.0324. The lowest BCUT2D eigenvalue weighted by Gasteiger charge is -2.14. The van der Waals surface area contributed by atoms with E-state index >= 15 is 0 Å². The maximum atomic E-state index is 12.5. The van der Waals surface area contributed by atoms with Crippen molar-refractivity contribution in [3.05, 3.63) is 29.3 Å². The summed E-state index contributed by atoms with van der Waals surface area (Å²) in [6.07, 6.45) is -9.04. The standard InChI is InChI=1S/C10H9F6N/c1-6-2-3-7(17-5-9(11,12)13)4-8(6)10(14,15)16/h2-4,17H,5H2,1H3. The molecule has 0 aliphatic rings. The van der Waals surface area contributed by atoms with Crippen LogP contribution in [0.3, 0.4) is 0 Å². The molecule has 0 aliphatic heterocycles. The second-order valence-electron chi connectivity index (χ2n) is 3.50. The van der Waals surface area contributed by atoms with Crippen molar-refractivity contribution in [2.24, 2.45) is 0 Å². The molecular formula is C10H9F6N. The first-order valence-electron chi connectivity index (χ1n) is 4.58. The maximum Gasteiger partial charge on any atom is 0.416 e. The molecule has 0 spiro atoms. The third kappa shape index (κ3) is 4.16. The van der Waals surface area contributed by atoms with Crippen molar-refractivity contribution >= 4 is 5.69 Å². The van der Waals surface area contributed by atoms with Crippen molar-refractivity contribution in [2.45, 2.75) is 19.3 Å². The summed E-state index contributed by atoms with van der Waals surface area (Å²) >= 11 is 0. The number of rotatable bonds is 2. The van der Waals surface area contributed by atoms with Crippen LogP contribution in [0.1, 0.15) is 11.1 Å². The molecule has 0 bridgehead atoms. The minimum atomic E-state index is -4.57. The highest BCUT2D eigenvalue weighted by Gasteiger charge is 2.33. The van der Waals surface area contributed by atoms with Crippen LogP contribution in [-0.4, -0.2) is 12.7 Å². The lowest BCUT2D eigenvalue weighted by molar-refractivity contribution is -0.138. The van der Waals surface area contributed by atoms with Crippen molar-refractivity contribution in [1.82, 2.24) is 0 Å². The Hall–Kier alpha value is -1.40. The molecule has 0 saturated carbocycles. The van der Waals surface area contributed by atoms with Crippen molar-refractivity contribution in [3.8, 4) is 0 Å². The molecule has 0 aliphatic carbocycles. The van der Waals surface area contributed by atoms with E-state index in [2.05, 4.69) is 0 Å². The summed E-state index contributed by atoms with van der Waals surface area (Å²) in [4.78, 5) is 0. The number of hydrogen-bond acceptors (Lipinski definition) is 1. The van der Waals surface area contributed by atoms with E-state index in [1.54, 1.807) is 0 Å². The van der Waals surface area contributed by atoms with Gasteiger partial charge in [0.05, 0.1) is 5.56 Å². The van der Waals surface area contributed by atoms with Crippen molar-refractivity contribution < 1.29 is 26.3 Å². The van der Waals surface area contributed by atoms with Gasteiger partial charge in [-0.15, -0.1) is 0 Å². The molecule has 1 rings (SSSR count). The minimum Gasteiger partial charge on any atom is -0.376 e. The Kier molecular flexibility index (Phi) is 3.59. The molecular weight excluding hydrogens is 248 g/mol. The highest BCUT2D eigenvalue weighted by molar-refractivity contribution is 5.49. The molecule has 0 fully saturated rings. The lowest BCUT2D eigenvalue weighted by Crippen LogP contribution is -2.21. The highest BCUT2D eigenvalue weighted by Crippen LogP contribution is 2.33. The smallest absolute Gasteiger partial charge is 0.376 e. The summed E-state index contributed by atoms with van der Waals surface area (Å²) in [5.74, 6) is 0. The Labute approximate surface area is 93.4 Å². The third-order valence-electron chi connectivity index (χ3n) is 2.04. The summed E-state index contributed by atoms with van der Waals surface area (Å²) < 4.78 is 73.0. The Morgan fingerprint density at radius 1 is 1.06 bits per heavy atom. The molecule has 1 nitrogen and oxygen atoms in total. The van der Waals surface area contributed by atoms with Gasteiger partial charge in [-0.3, -0.25) is 0 Å². The van der Waals surface area contributed by atoms with E-state index in [4.69, 9.17) is 0 Å². The van der Waals surface area contributed by atoms with Gasteiger partial charge < -0.3 is 5.32 Å². The third-order valence-corrected chi connectivity index (χ3v) is 2.04. The fraction of sp³-hybridized carbons (Fsp3) is 0.400. The van der Waals surface area contributed by atoms with E-state index in [0.29, 0.717) is 6.07 Å².